The van der Waals surface area contributed by atoms with Crippen molar-refractivity contribution >= 4 is 0 Å². The van der Waals surface area contributed by atoms with Gasteiger partial charge < -0.3 is 0 Å². The van der Waals surface area contributed by atoms with E-state index in [2.05, 4.69) is 6.92 Å². The minimum absolute atomic E-state index is 2.26. The Morgan fingerprint density at radius 2 is 1.09 bits per heavy atom. The summed E-state index contributed by atoms with van der Waals surface area (Å²) in [6, 6.07) is 0. The second kappa shape index (κ2) is 1.67. The average Bonchev–Trinajstić information content (AvgIpc) is 1.84. The maximum absolute atomic E-state index is 11.9. The minimum atomic E-state index is -5.24. The maximum atomic E-state index is 11.9. The van der Waals surface area contributed by atoms with Gasteiger partial charge in [0.1, 0.15) is 0 Å². The summed E-state index contributed by atoms with van der Waals surface area (Å²) in [5.74, 6) is -17.4. The largest absolute Gasteiger partial charge is 0.372 e. The number of hydrogen-bond acceptors (Lipinski definition) is 0. The van der Waals surface area contributed by atoms with Gasteiger partial charge in [-0.3, -0.25) is 0 Å². The van der Waals surface area contributed by atoms with E-state index in [1.807, 2.05) is 0 Å². The molecule has 0 bridgehead atoms. The van der Waals surface area contributed by atoms with Crippen molar-refractivity contribution in [1.29, 1.82) is 0 Å². The van der Waals surface area contributed by atoms with Crippen molar-refractivity contribution in [3.05, 3.63) is 6.92 Å². The van der Waals surface area contributed by atoms with E-state index in [-0.39, 0.29) is 0 Å². The van der Waals surface area contributed by atoms with Gasteiger partial charge >= 0.3 is 17.8 Å². The quantitative estimate of drug-likeness (QED) is 0.498. The standard InChI is InChI=1S/C5H3F6/c1-2-3(6,7)5(10,11)4(2,8)9/h2H,1H2. The van der Waals surface area contributed by atoms with Gasteiger partial charge in [-0.25, -0.2) is 0 Å². The normalized spacial score (nSPS) is 33.0. The van der Waals surface area contributed by atoms with Crippen LogP contribution >= 0.6 is 0 Å². The minimum Gasteiger partial charge on any atom is -0.199 e. The molecule has 0 nitrogen and oxygen atoms in total. The van der Waals surface area contributed by atoms with Gasteiger partial charge in [0.05, 0.1) is 5.92 Å². The van der Waals surface area contributed by atoms with Gasteiger partial charge in [-0.05, 0) is 6.92 Å². The van der Waals surface area contributed by atoms with Gasteiger partial charge in [0.15, 0.2) is 0 Å². The first kappa shape index (κ1) is 8.67. The number of hydrogen-bond donors (Lipinski definition) is 0. The summed E-state index contributed by atoms with van der Waals surface area (Å²) >= 11 is 0. The monoisotopic (exact) mass is 177 g/mol. The Bertz CT molecular complexity index is 165. The Hall–Kier alpha value is -0.420. The van der Waals surface area contributed by atoms with E-state index in [1.54, 1.807) is 0 Å². The first-order valence-electron chi connectivity index (χ1n) is 2.62. The molecular formula is C5H3F6. The molecule has 1 radical (unpaired) electrons. The topological polar surface area (TPSA) is 0 Å². The fraction of sp³-hybridized carbons (Fsp3) is 0.800. The predicted molar refractivity (Wildman–Crippen MR) is 23.7 cm³/mol. The molecule has 1 rings (SSSR count). The van der Waals surface area contributed by atoms with Crippen molar-refractivity contribution in [2.24, 2.45) is 5.92 Å². The van der Waals surface area contributed by atoms with Crippen LogP contribution in [0.25, 0.3) is 0 Å². The highest BCUT2D eigenvalue weighted by Gasteiger charge is 2.88. The van der Waals surface area contributed by atoms with Crippen LogP contribution in [0.15, 0.2) is 0 Å². The molecule has 0 amide bonds. The predicted octanol–water partition coefficient (Wildman–Crippen LogP) is 2.36. The zero-order valence-corrected chi connectivity index (χ0v) is 5.05. The zero-order valence-electron chi connectivity index (χ0n) is 5.05. The lowest BCUT2D eigenvalue weighted by atomic mass is 9.74. The molecule has 0 aromatic rings. The Labute approximate surface area is 58.2 Å². The number of rotatable bonds is 0. The molecule has 0 N–H and O–H groups in total. The molecule has 0 atom stereocenters. The summed E-state index contributed by atoms with van der Waals surface area (Å²) in [4.78, 5) is 0. The van der Waals surface area contributed by atoms with Crippen LogP contribution in [-0.2, 0) is 0 Å². The van der Waals surface area contributed by atoms with E-state index >= 15 is 0 Å². The van der Waals surface area contributed by atoms with Gasteiger partial charge in [-0.2, -0.15) is 26.3 Å². The average molecular weight is 177 g/mol. The molecule has 1 fully saturated rings. The van der Waals surface area contributed by atoms with E-state index in [0.717, 1.165) is 0 Å². The first-order chi connectivity index (χ1) is 4.65. The molecule has 1 saturated carbocycles. The van der Waals surface area contributed by atoms with Crippen molar-refractivity contribution < 1.29 is 26.3 Å². The third-order valence-corrected chi connectivity index (χ3v) is 1.71. The van der Waals surface area contributed by atoms with E-state index in [9.17, 15) is 26.3 Å². The van der Waals surface area contributed by atoms with Crippen molar-refractivity contribution in [3.63, 3.8) is 0 Å². The van der Waals surface area contributed by atoms with Crippen LogP contribution in [0.2, 0.25) is 0 Å². The summed E-state index contributed by atoms with van der Waals surface area (Å²) in [7, 11) is 0. The Morgan fingerprint density at radius 3 is 1.18 bits per heavy atom. The van der Waals surface area contributed by atoms with Crippen molar-refractivity contribution in [3.8, 4) is 0 Å². The van der Waals surface area contributed by atoms with Crippen LogP contribution < -0.4 is 0 Å². The molecule has 6 heteroatoms. The Kier molecular flexibility index (Phi) is 1.31. The fourth-order valence-corrected chi connectivity index (χ4v) is 0.810. The second-order valence-electron chi connectivity index (χ2n) is 2.37. The van der Waals surface area contributed by atoms with Gasteiger partial charge in [-0.1, -0.05) is 0 Å². The van der Waals surface area contributed by atoms with Gasteiger partial charge in [0, 0.05) is 0 Å². The molecule has 0 unspecified atom stereocenters. The third kappa shape index (κ3) is 0.629. The van der Waals surface area contributed by atoms with Crippen LogP contribution in [0, 0.1) is 12.8 Å². The molecule has 1 aliphatic carbocycles. The van der Waals surface area contributed by atoms with Crippen LogP contribution in [0.1, 0.15) is 0 Å². The Balaban J connectivity index is 2.98. The SMILES string of the molecule is [CH2]C1C(F)(F)C(F)(F)C1(F)F. The molecule has 0 heterocycles. The molecule has 1 aliphatic rings. The summed E-state index contributed by atoms with van der Waals surface area (Å²) in [5.41, 5.74) is 0. The van der Waals surface area contributed by atoms with Crippen molar-refractivity contribution in [2.45, 2.75) is 17.8 Å². The molecule has 0 saturated heterocycles. The number of alkyl halides is 6. The summed E-state index contributed by atoms with van der Waals surface area (Å²) in [6.45, 7) is 2.26. The zero-order chi connectivity index (χ0) is 9.08. The van der Waals surface area contributed by atoms with Crippen LogP contribution in [0.4, 0.5) is 26.3 Å². The highest BCUT2D eigenvalue weighted by atomic mass is 19.4. The highest BCUT2D eigenvalue weighted by molar-refractivity contribution is 5.17. The van der Waals surface area contributed by atoms with Crippen LogP contribution in [0.3, 0.4) is 0 Å². The molecule has 0 spiro atoms. The third-order valence-electron chi connectivity index (χ3n) is 1.71. The number of halogens is 6. The molecule has 0 aromatic carbocycles. The van der Waals surface area contributed by atoms with Crippen LogP contribution in [0.5, 0.6) is 0 Å². The lowest BCUT2D eigenvalue weighted by Gasteiger charge is -2.48. The summed E-state index contributed by atoms with van der Waals surface area (Å²) in [6.07, 6.45) is 0. The van der Waals surface area contributed by atoms with Crippen LogP contribution in [-0.4, -0.2) is 17.8 Å². The van der Waals surface area contributed by atoms with Gasteiger partial charge in [-0.15, -0.1) is 0 Å². The fourth-order valence-electron chi connectivity index (χ4n) is 0.810. The lowest BCUT2D eigenvalue weighted by molar-refractivity contribution is -0.424. The molecule has 0 aromatic heterocycles. The molecular weight excluding hydrogens is 174 g/mol. The first-order valence-corrected chi connectivity index (χ1v) is 2.62. The summed E-state index contributed by atoms with van der Waals surface area (Å²) in [5, 5.41) is 0. The van der Waals surface area contributed by atoms with E-state index in [0.29, 0.717) is 0 Å². The van der Waals surface area contributed by atoms with Gasteiger partial charge in [0.2, 0.25) is 0 Å². The van der Waals surface area contributed by atoms with E-state index in [1.165, 1.54) is 0 Å². The Morgan fingerprint density at radius 1 is 0.818 bits per heavy atom. The maximum Gasteiger partial charge on any atom is 0.372 e. The lowest BCUT2D eigenvalue weighted by Crippen LogP contribution is -2.73. The molecule has 11 heavy (non-hydrogen) atoms. The highest BCUT2D eigenvalue weighted by Crippen LogP contribution is 2.64. The van der Waals surface area contributed by atoms with Crippen molar-refractivity contribution in [1.82, 2.24) is 0 Å². The van der Waals surface area contributed by atoms with E-state index in [4.69, 9.17) is 0 Å². The summed E-state index contributed by atoms with van der Waals surface area (Å²) < 4.78 is 71.3. The smallest absolute Gasteiger partial charge is 0.199 e. The molecule has 65 valence electrons. The molecule has 0 aliphatic heterocycles. The van der Waals surface area contributed by atoms with Gasteiger partial charge in [0.25, 0.3) is 0 Å². The van der Waals surface area contributed by atoms with Crippen molar-refractivity contribution in [2.75, 3.05) is 0 Å². The second-order valence-corrected chi connectivity index (χ2v) is 2.37. The van der Waals surface area contributed by atoms with E-state index < -0.39 is 23.7 Å².